The van der Waals surface area contributed by atoms with Gasteiger partial charge < -0.3 is 5.11 Å². The van der Waals surface area contributed by atoms with Crippen molar-refractivity contribution in [3.05, 3.63) is 0 Å². The lowest BCUT2D eigenvalue weighted by Crippen LogP contribution is -2.05. The molecule has 1 N–H and O–H groups in total. The molecular weight excluding hydrogens is 256 g/mol. The molecule has 0 aliphatic heterocycles. The Kier molecular flexibility index (Phi) is 18.0. The fourth-order valence-corrected chi connectivity index (χ4v) is 3.09. The molecule has 0 aromatic carbocycles. The predicted octanol–water partition coefficient (Wildman–Crippen LogP) is 6.88. The van der Waals surface area contributed by atoms with Crippen LogP contribution in [0.3, 0.4) is 0 Å². The van der Waals surface area contributed by atoms with Gasteiger partial charge in [-0.2, -0.15) is 0 Å². The summed E-state index contributed by atoms with van der Waals surface area (Å²) in [6.07, 6.45) is 22.0. The maximum absolute atomic E-state index is 9.33. The van der Waals surface area contributed by atoms with Crippen LogP contribution in [0.2, 0.25) is 0 Å². The number of aliphatic hydroxyl groups excluding tert-OH is 1. The van der Waals surface area contributed by atoms with E-state index in [0.717, 1.165) is 0 Å². The zero-order chi connectivity index (χ0) is 15.6. The molecule has 0 rings (SSSR count). The smallest absolute Gasteiger partial charge is 0.0459 e. The highest BCUT2D eigenvalue weighted by Gasteiger charge is 2.05. The topological polar surface area (TPSA) is 20.2 Å². The Morgan fingerprint density at radius 2 is 0.905 bits per heavy atom. The lowest BCUT2D eigenvalue weighted by Gasteiger charge is -2.13. The summed E-state index contributed by atoms with van der Waals surface area (Å²) in [6, 6.07) is 0. The van der Waals surface area contributed by atoms with Gasteiger partial charge in [-0.15, -0.1) is 0 Å². The lowest BCUT2D eigenvalue weighted by atomic mass is 9.96. The summed E-state index contributed by atoms with van der Waals surface area (Å²) < 4.78 is 0. The van der Waals surface area contributed by atoms with Gasteiger partial charge in [-0.3, -0.25) is 0 Å². The van der Waals surface area contributed by atoms with E-state index in [2.05, 4.69) is 13.8 Å². The van der Waals surface area contributed by atoms with Crippen molar-refractivity contribution in [1.82, 2.24) is 0 Å². The predicted molar refractivity (Wildman–Crippen MR) is 95.8 cm³/mol. The summed E-state index contributed by atoms with van der Waals surface area (Å²) in [5.41, 5.74) is 0. The fourth-order valence-electron chi connectivity index (χ4n) is 3.09. The van der Waals surface area contributed by atoms with E-state index in [-0.39, 0.29) is 0 Å². The Hall–Kier alpha value is -0.0400. The van der Waals surface area contributed by atoms with Crippen molar-refractivity contribution in [2.45, 2.75) is 117 Å². The zero-order valence-electron chi connectivity index (χ0n) is 15.0. The van der Waals surface area contributed by atoms with Gasteiger partial charge in [-0.25, -0.2) is 0 Å². The largest absolute Gasteiger partial charge is 0.396 e. The van der Waals surface area contributed by atoms with E-state index in [9.17, 15) is 5.11 Å². The molecule has 0 bridgehead atoms. The molecule has 1 unspecified atom stereocenters. The molecule has 0 saturated heterocycles. The number of hydrogen-bond donors (Lipinski definition) is 1. The van der Waals surface area contributed by atoms with Gasteiger partial charge in [0.2, 0.25) is 0 Å². The highest BCUT2D eigenvalue weighted by Crippen LogP contribution is 2.17. The van der Waals surface area contributed by atoms with Gasteiger partial charge in [-0.05, 0) is 18.8 Å². The van der Waals surface area contributed by atoms with Crippen LogP contribution >= 0.6 is 0 Å². The van der Waals surface area contributed by atoms with E-state index in [1.807, 2.05) is 0 Å². The lowest BCUT2D eigenvalue weighted by molar-refractivity contribution is 0.205. The monoisotopic (exact) mass is 298 g/mol. The summed E-state index contributed by atoms with van der Waals surface area (Å²) in [5.74, 6) is 0.577. The molecule has 1 atom stereocenters. The number of hydrogen-bond acceptors (Lipinski definition) is 1. The Morgan fingerprint density at radius 1 is 0.524 bits per heavy atom. The third-order valence-corrected chi connectivity index (χ3v) is 4.69. The molecule has 128 valence electrons. The van der Waals surface area contributed by atoms with E-state index < -0.39 is 0 Å². The molecule has 0 spiro atoms. The van der Waals surface area contributed by atoms with Crippen molar-refractivity contribution in [3.63, 3.8) is 0 Å². The summed E-state index contributed by atoms with van der Waals surface area (Å²) in [7, 11) is 0. The molecule has 0 aliphatic carbocycles. The van der Waals surface area contributed by atoms with Crippen LogP contribution in [-0.4, -0.2) is 11.7 Å². The standard InChI is InChI=1S/C20H42O/c1-3-5-7-8-9-10-11-12-13-14-15-16-18-20(19-21)17-6-4-2/h20-21H,3-19H2,1-2H3. The third kappa shape index (κ3) is 16.2. The van der Waals surface area contributed by atoms with Gasteiger partial charge in [-0.1, -0.05) is 104 Å². The van der Waals surface area contributed by atoms with Crippen LogP contribution in [0.25, 0.3) is 0 Å². The summed E-state index contributed by atoms with van der Waals surface area (Å²) in [4.78, 5) is 0. The Morgan fingerprint density at radius 3 is 1.33 bits per heavy atom. The highest BCUT2D eigenvalue weighted by atomic mass is 16.3. The zero-order valence-corrected chi connectivity index (χ0v) is 15.0. The first-order valence-electron chi connectivity index (χ1n) is 9.96. The number of aliphatic hydroxyl groups is 1. The van der Waals surface area contributed by atoms with Crippen molar-refractivity contribution >= 4 is 0 Å². The maximum Gasteiger partial charge on any atom is 0.0459 e. The minimum Gasteiger partial charge on any atom is -0.396 e. The van der Waals surface area contributed by atoms with Crippen LogP contribution in [0, 0.1) is 5.92 Å². The normalized spacial score (nSPS) is 12.7. The van der Waals surface area contributed by atoms with Crippen LogP contribution in [-0.2, 0) is 0 Å². The second-order valence-corrected chi connectivity index (χ2v) is 6.87. The first-order valence-corrected chi connectivity index (χ1v) is 9.96. The van der Waals surface area contributed by atoms with Crippen molar-refractivity contribution in [3.8, 4) is 0 Å². The van der Waals surface area contributed by atoms with E-state index >= 15 is 0 Å². The quantitative estimate of drug-likeness (QED) is 0.290. The van der Waals surface area contributed by atoms with Crippen LogP contribution in [0.4, 0.5) is 0 Å². The minimum absolute atomic E-state index is 0.401. The van der Waals surface area contributed by atoms with Gasteiger partial charge in [0, 0.05) is 6.61 Å². The summed E-state index contributed by atoms with van der Waals surface area (Å²) >= 11 is 0. The molecule has 1 heteroatoms. The Balaban J connectivity index is 3.14. The van der Waals surface area contributed by atoms with E-state index in [1.165, 1.54) is 103 Å². The molecule has 0 aromatic heterocycles. The molecule has 0 aliphatic rings. The van der Waals surface area contributed by atoms with Crippen LogP contribution in [0.15, 0.2) is 0 Å². The van der Waals surface area contributed by atoms with Crippen molar-refractivity contribution in [2.75, 3.05) is 6.61 Å². The summed E-state index contributed by atoms with van der Waals surface area (Å²) in [5, 5.41) is 9.33. The van der Waals surface area contributed by atoms with E-state index in [0.29, 0.717) is 12.5 Å². The fraction of sp³-hybridized carbons (Fsp3) is 1.00. The molecule has 0 heterocycles. The van der Waals surface area contributed by atoms with E-state index in [4.69, 9.17) is 0 Å². The molecule has 0 aromatic rings. The number of unbranched alkanes of at least 4 members (excludes halogenated alkanes) is 12. The van der Waals surface area contributed by atoms with Crippen LogP contribution in [0.1, 0.15) is 117 Å². The van der Waals surface area contributed by atoms with Gasteiger partial charge in [0.25, 0.3) is 0 Å². The highest BCUT2D eigenvalue weighted by molar-refractivity contribution is 4.58. The molecular formula is C20H42O. The van der Waals surface area contributed by atoms with Crippen molar-refractivity contribution < 1.29 is 5.11 Å². The van der Waals surface area contributed by atoms with Crippen LogP contribution in [0.5, 0.6) is 0 Å². The first kappa shape index (κ1) is 21.0. The molecule has 0 amide bonds. The summed E-state index contributed by atoms with van der Waals surface area (Å²) in [6.45, 7) is 4.92. The Labute approximate surface area is 134 Å². The van der Waals surface area contributed by atoms with Gasteiger partial charge in [0.15, 0.2) is 0 Å². The molecule has 0 radical (unpaired) electrons. The van der Waals surface area contributed by atoms with Crippen molar-refractivity contribution in [1.29, 1.82) is 0 Å². The molecule has 0 fully saturated rings. The molecule has 0 saturated carbocycles. The SMILES string of the molecule is CCCCCCCCCCCCCCC(CO)CCCC. The van der Waals surface area contributed by atoms with Crippen LogP contribution < -0.4 is 0 Å². The van der Waals surface area contributed by atoms with Gasteiger partial charge in [0.05, 0.1) is 0 Å². The van der Waals surface area contributed by atoms with Gasteiger partial charge >= 0.3 is 0 Å². The van der Waals surface area contributed by atoms with E-state index in [1.54, 1.807) is 0 Å². The van der Waals surface area contributed by atoms with Crippen molar-refractivity contribution in [2.24, 2.45) is 5.92 Å². The first-order chi connectivity index (χ1) is 10.3. The molecule has 1 nitrogen and oxygen atoms in total. The Bertz CT molecular complexity index is 179. The maximum atomic E-state index is 9.33. The second-order valence-electron chi connectivity index (χ2n) is 6.87. The minimum atomic E-state index is 0.401. The molecule has 21 heavy (non-hydrogen) atoms. The number of rotatable bonds is 17. The average molecular weight is 299 g/mol. The van der Waals surface area contributed by atoms with Gasteiger partial charge in [0.1, 0.15) is 0 Å². The average Bonchev–Trinajstić information content (AvgIpc) is 2.51. The second kappa shape index (κ2) is 18.0. The third-order valence-electron chi connectivity index (χ3n) is 4.69.